The molecule has 3 aromatic rings. The number of sulfonamides is 1. The molecule has 0 atom stereocenters. The summed E-state index contributed by atoms with van der Waals surface area (Å²) in [6.07, 6.45) is 0. The third-order valence-corrected chi connectivity index (χ3v) is 5.78. The number of carbonyl (C=O) groups excluding carboxylic acids is 2. The molecule has 0 bridgehead atoms. The van der Waals surface area contributed by atoms with Crippen LogP contribution in [0.3, 0.4) is 0 Å². The van der Waals surface area contributed by atoms with Crippen molar-refractivity contribution in [3.63, 3.8) is 0 Å². The zero-order chi connectivity index (χ0) is 22.6. The Hall–Kier alpha value is -3.72. The summed E-state index contributed by atoms with van der Waals surface area (Å²) in [5.74, 6) is -1.70. The number of carbonyl (C=O) groups is 2. The van der Waals surface area contributed by atoms with Gasteiger partial charge in [0.1, 0.15) is 5.82 Å². The first-order chi connectivity index (χ1) is 14.7. The number of amides is 1. The fourth-order valence-electron chi connectivity index (χ4n) is 2.82. The molecule has 0 aromatic heterocycles. The number of esters is 1. The molecule has 9 heteroatoms. The van der Waals surface area contributed by atoms with Crippen LogP contribution in [-0.2, 0) is 14.8 Å². The van der Waals surface area contributed by atoms with Crippen LogP contribution in [0.15, 0.2) is 71.6 Å². The first-order valence-corrected chi connectivity index (χ1v) is 10.6. The summed E-state index contributed by atoms with van der Waals surface area (Å²) in [6, 6.07) is 15.4. The van der Waals surface area contributed by atoms with Crippen molar-refractivity contribution in [1.82, 2.24) is 0 Å². The van der Waals surface area contributed by atoms with Crippen molar-refractivity contribution in [2.24, 2.45) is 0 Å². The maximum atomic E-state index is 13.3. The number of halogens is 1. The smallest absolute Gasteiger partial charge is 0.339 e. The number of hydrogen-bond donors (Lipinski definition) is 2. The summed E-state index contributed by atoms with van der Waals surface area (Å²) >= 11 is 0. The molecule has 0 aliphatic heterocycles. The Labute approximate surface area is 178 Å². The zero-order valence-electron chi connectivity index (χ0n) is 16.7. The third-order valence-electron chi connectivity index (χ3n) is 4.42. The molecule has 31 heavy (non-hydrogen) atoms. The van der Waals surface area contributed by atoms with Gasteiger partial charge in [-0.3, -0.25) is 9.52 Å². The van der Waals surface area contributed by atoms with Crippen LogP contribution < -0.4 is 10.0 Å². The number of nitrogens with one attached hydrogen (secondary N) is 2. The van der Waals surface area contributed by atoms with Crippen molar-refractivity contribution in [2.45, 2.75) is 11.8 Å². The highest BCUT2D eigenvalue weighted by molar-refractivity contribution is 7.92. The highest BCUT2D eigenvalue weighted by Gasteiger charge is 2.19. The monoisotopic (exact) mass is 442 g/mol. The Balaban J connectivity index is 1.86. The maximum absolute atomic E-state index is 13.3. The standard InChI is InChI=1S/C22H19FN2O5S/c1-14-12-16(23)10-11-19(14)25-31(28,29)17-7-5-6-15(13-17)21(26)24-20-9-4-3-8-18(20)22(27)30-2/h3-13,25H,1-2H3,(H,24,26). The van der Waals surface area contributed by atoms with Gasteiger partial charge < -0.3 is 10.1 Å². The molecule has 0 unspecified atom stereocenters. The van der Waals surface area contributed by atoms with E-state index >= 15 is 0 Å². The Kier molecular flexibility index (Phi) is 6.36. The number of benzene rings is 3. The van der Waals surface area contributed by atoms with Crippen LogP contribution in [-0.4, -0.2) is 27.4 Å². The lowest BCUT2D eigenvalue weighted by molar-refractivity contribution is 0.0602. The Morgan fingerprint density at radius 1 is 0.935 bits per heavy atom. The molecule has 2 N–H and O–H groups in total. The number of methoxy groups -OCH3 is 1. The van der Waals surface area contributed by atoms with Crippen LogP contribution in [0.5, 0.6) is 0 Å². The van der Waals surface area contributed by atoms with Crippen LogP contribution in [0.25, 0.3) is 0 Å². The second-order valence-electron chi connectivity index (χ2n) is 6.58. The van der Waals surface area contributed by atoms with Gasteiger partial charge in [0.25, 0.3) is 15.9 Å². The molecule has 7 nitrogen and oxygen atoms in total. The average molecular weight is 442 g/mol. The average Bonchev–Trinajstić information content (AvgIpc) is 2.75. The van der Waals surface area contributed by atoms with Crippen LogP contribution in [0, 0.1) is 12.7 Å². The van der Waals surface area contributed by atoms with E-state index in [9.17, 15) is 22.4 Å². The molecule has 0 radical (unpaired) electrons. The van der Waals surface area contributed by atoms with Gasteiger partial charge in [0.2, 0.25) is 0 Å². The Bertz CT molecular complexity index is 1260. The summed E-state index contributed by atoms with van der Waals surface area (Å²) < 4.78 is 45.9. The SMILES string of the molecule is COC(=O)c1ccccc1NC(=O)c1cccc(S(=O)(=O)Nc2ccc(F)cc2C)c1. The molecule has 0 heterocycles. The lowest BCUT2D eigenvalue weighted by atomic mass is 10.1. The number of para-hydroxylation sites is 1. The second-order valence-corrected chi connectivity index (χ2v) is 8.27. The molecular formula is C22H19FN2O5S. The lowest BCUT2D eigenvalue weighted by Gasteiger charge is -2.12. The molecule has 0 saturated carbocycles. The quantitative estimate of drug-likeness (QED) is 0.563. The number of aryl methyl sites for hydroxylation is 1. The van der Waals surface area contributed by atoms with Gasteiger partial charge in [0.05, 0.1) is 28.9 Å². The minimum atomic E-state index is -4.03. The molecule has 0 fully saturated rings. The molecule has 3 rings (SSSR count). The van der Waals surface area contributed by atoms with Gasteiger partial charge >= 0.3 is 5.97 Å². The van der Waals surface area contributed by atoms with Crippen molar-refractivity contribution in [3.8, 4) is 0 Å². The lowest BCUT2D eigenvalue weighted by Crippen LogP contribution is -2.17. The predicted octanol–water partition coefficient (Wildman–Crippen LogP) is 3.97. The molecule has 0 spiro atoms. The molecule has 0 aliphatic rings. The summed E-state index contributed by atoms with van der Waals surface area (Å²) in [7, 11) is -2.80. The minimum absolute atomic E-state index is 0.0679. The molecular weight excluding hydrogens is 423 g/mol. The topological polar surface area (TPSA) is 102 Å². The third kappa shape index (κ3) is 5.07. The molecule has 160 valence electrons. The van der Waals surface area contributed by atoms with Gasteiger partial charge in [-0.25, -0.2) is 17.6 Å². The van der Waals surface area contributed by atoms with Gasteiger partial charge in [-0.05, 0) is 61.0 Å². The normalized spacial score (nSPS) is 10.9. The summed E-state index contributed by atoms with van der Waals surface area (Å²) in [5, 5.41) is 2.59. The van der Waals surface area contributed by atoms with Gasteiger partial charge in [-0.1, -0.05) is 18.2 Å². The van der Waals surface area contributed by atoms with E-state index in [-0.39, 0.29) is 27.4 Å². The molecule has 1 amide bonds. The van der Waals surface area contributed by atoms with E-state index in [0.717, 1.165) is 6.07 Å². The van der Waals surface area contributed by atoms with E-state index in [1.54, 1.807) is 19.1 Å². The van der Waals surface area contributed by atoms with E-state index < -0.39 is 27.7 Å². The van der Waals surface area contributed by atoms with Crippen molar-refractivity contribution in [2.75, 3.05) is 17.1 Å². The van der Waals surface area contributed by atoms with Crippen LogP contribution in [0.2, 0.25) is 0 Å². The zero-order valence-corrected chi connectivity index (χ0v) is 17.5. The number of rotatable bonds is 6. The van der Waals surface area contributed by atoms with Gasteiger partial charge in [-0.2, -0.15) is 0 Å². The van der Waals surface area contributed by atoms with Crippen LogP contribution in [0.1, 0.15) is 26.3 Å². The summed E-state index contributed by atoms with van der Waals surface area (Å²) in [6.45, 7) is 1.57. The van der Waals surface area contributed by atoms with Crippen molar-refractivity contribution in [3.05, 3.63) is 89.2 Å². The fourth-order valence-corrected chi connectivity index (χ4v) is 4.00. The van der Waals surface area contributed by atoms with Crippen molar-refractivity contribution >= 4 is 33.3 Å². The van der Waals surface area contributed by atoms with Gasteiger partial charge in [0, 0.05) is 5.56 Å². The van der Waals surface area contributed by atoms with Crippen molar-refractivity contribution < 1.29 is 27.1 Å². The maximum Gasteiger partial charge on any atom is 0.339 e. The van der Waals surface area contributed by atoms with E-state index in [1.807, 2.05) is 0 Å². The van der Waals surface area contributed by atoms with E-state index in [4.69, 9.17) is 4.74 Å². The van der Waals surface area contributed by atoms with Crippen LogP contribution >= 0.6 is 0 Å². The van der Waals surface area contributed by atoms with E-state index in [0.29, 0.717) is 5.56 Å². The number of hydrogen-bond acceptors (Lipinski definition) is 5. The van der Waals surface area contributed by atoms with E-state index in [1.165, 1.54) is 55.6 Å². The first-order valence-electron chi connectivity index (χ1n) is 9.09. The Morgan fingerprint density at radius 3 is 2.39 bits per heavy atom. The molecule has 0 aliphatic carbocycles. The Morgan fingerprint density at radius 2 is 1.68 bits per heavy atom. The largest absolute Gasteiger partial charge is 0.465 e. The summed E-state index contributed by atoms with van der Waals surface area (Å²) in [5.41, 5.74) is 1.10. The fraction of sp³-hybridized carbons (Fsp3) is 0.0909. The second kappa shape index (κ2) is 8.97. The first kappa shape index (κ1) is 22.0. The van der Waals surface area contributed by atoms with Gasteiger partial charge in [-0.15, -0.1) is 0 Å². The minimum Gasteiger partial charge on any atom is -0.465 e. The van der Waals surface area contributed by atoms with E-state index in [2.05, 4.69) is 10.0 Å². The van der Waals surface area contributed by atoms with Crippen molar-refractivity contribution in [1.29, 1.82) is 0 Å². The molecule has 3 aromatic carbocycles. The molecule has 0 saturated heterocycles. The summed E-state index contributed by atoms with van der Waals surface area (Å²) in [4.78, 5) is 24.4. The number of anilines is 2. The van der Waals surface area contributed by atoms with Crippen LogP contribution in [0.4, 0.5) is 15.8 Å². The highest BCUT2D eigenvalue weighted by atomic mass is 32.2. The van der Waals surface area contributed by atoms with Gasteiger partial charge in [0.15, 0.2) is 0 Å². The predicted molar refractivity (Wildman–Crippen MR) is 114 cm³/mol. The highest BCUT2D eigenvalue weighted by Crippen LogP contribution is 2.22. The number of ether oxygens (including phenoxy) is 1.